The molecule has 0 bridgehead atoms. The topological polar surface area (TPSA) is 73.9 Å². The number of furan rings is 1. The van der Waals surface area contributed by atoms with E-state index >= 15 is 0 Å². The summed E-state index contributed by atoms with van der Waals surface area (Å²) in [6.07, 6.45) is 1.19. The highest BCUT2D eigenvalue weighted by Gasteiger charge is 2.14. The fourth-order valence-electron chi connectivity index (χ4n) is 2.06. The van der Waals surface area contributed by atoms with Gasteiger partial charge in [0.2, 0.25) is 0 Å². The van der Waals surface area contributed by atoms with Gasteiger partial charge in [0.25, 0.3) is 0 Å². The van der Waals surface area contributed by atoms with Crippen LogP contribution in [0.15, 0.2) is 34.9 Å². The molecule has 0 aliphatic heterocycles. The maximum absolute atomic E-state index is 10.5. The average molecular weight is 263 g/mol. The normalized spacial score (nSPS) is 12.5. The summed E-state index contributed by atoms with van der Waals surface area (Å²) in [4.78, 5) is 12.3. The van der Waals surface area contributed by atoms with Crippen molar-refractivity contribution in [3.8, 4) is 0 Å². The highest BCUT2D eigenvalue weighted by atomic mass is 16.4. The second-order valence-corrected chi connectivity index (χ2v) is 4.58. The highest BCUT2D eigenvalue weighted by Crippen LogP contribution is 2.28. The van der Waals surface area contributed by atoms with Crippen molar-refractivity contribution in [2.24, 2.45) is 0 Å². The zero-order chi connectivity index (χ0) is 13.8. The number of likely N-dealkylation sites (N-methyl/N-ethyl adjacent to an activating group) is 1. The molecule has 0 radical (unpaired) electrons. The number of hydrogen-bond acceptors (Lipinski definition) is 4. The highest BCUT2D eigenvalue weighted by molar-refractivity contribution is 5.90. The summed E-state index contributed by atoms with van der Waals surface area (Å²) in [6.45, 7) is 0.372. The number of benzene rings is 1. The quantitative estimate of drug-likeness (QED) is 0.834. The Balaban J connectivity index is 2.03. The van der Waals surface area contributed by atoms with Crippen LogP contribution in [0.4, 0.5) is 5.69 Å². The summed E-state index contributed by atoms with van der Waals surface area (Å²) >= 11 is 0. The Morgan fingerprint density at radius 1 is 1.42 bits per heavy atom. The van der Waals surface area contributed by atoms with Crippen LogP contribution < -0.4 is 4.90 Å². The molecule has 1 atom stereocenters. The number of nitrogens with zero attached hydrogens (tertiary/aromatic N) is 1. The minimum absolute atomic E-state index is 0.0266. The molecule has 0 saturated carbocycles. The third-order valence-corrected chi connectivity index (χ3v) is 3.05. The lowest BCUT2D eigenvalue weighted by Gasteiger charge is -2.21. The van der Waals surface area contributed by atoms with Crippen LogP contribution in [0, 0.1) is 0 Å². The minimum Gasteiger partial charge on any atom is -0.481 e. The lowest BCUT2D eigenvalue weighted by molar-refractivity contribution is -0.137. The molecule has 1 unspecified atom stereocenters. The number of hydrogen-bond donors (Lipinski definition) is 2. The van der Waals surface area contributed by atoms with Gasteiger partial charge in [0.05, 0.1) is 11.8 Å². The molecule has 1 aromatic heterocycles. The molecule has 5 nitrogen and oxygen atoms in total. The molecule has 0 amide bonds. The number of carbonyl (C=O) groups is 1. The largest absolute Gasteiger partial charge is 0.481 e. The summed E-state index contributed by atoms with van der Waals surface area (Å²) < 4.78 is 5.43. The first-order valence-corrected chi connectivity index (χ1v) is 6.15. The zero-order valence-electron chi connectivity index (χ0n) is 10.7. The van der Waals surface area contributed by atoms with Gasteiger partial charge >= 0.3 is 5.97 Å². The van der Waals surface area contributed by atoms with Gasteiger partial charge in [0.1, 0.15) is 11.8 Å². The van der Waals surface area contributed by atoms with Gasteiger partial charge < -0.3 is 19.5 Å². The molecule has 0 aliphatic carbocycles. The molecule has 0 spiro atoms. The van der Waals surface area contributed by atoms with Gasteiger partial charge in [-0.2, -0.15) is 0 Å². The third kappa shape index (κ3) is 3.26. The molecule has 19 heavy (non-hydrogen) atoms. The molecule has 0 aliphatic rings. The van der Waals surface area contributed by atoms with E-state index in [2.05, 4.69) is 0 Å². The van der Waals surface area contributed by atoms with Crippen molar-refractivity contribution in [2.45, 2.75) is 18.9 Å². The predicted molar refractivity (Wildman–Crippen MR) is 72.4 cm³/mol. The molecule has 2 rings (SSSR count). The first-order chi connectivity index (χ1) is 9.08. The predicted octanol–water partition coefficient (Wildman–Crippen LogP) is 2.09. The van der Waals surface area contributed by atoms with Crippen LogP contribution >= 0.6 is 0 Å². The summed E-state index contributed by atoms with van der Waals surface area (Å²) in [6, 6.07) is 7.66. The van der Waals surface area contributed by atoms with E-state index in [-0.39, 0.29) is 12.8 Å². The van der Waals surface area contributed by atoms with Crippen molar-refractivity contribution >= 4 is 22.6 Å². The van der Waals surface area contributed by atoms with Crippen LogP contribution in [0.5, 0.6) is 0 Å². The minimum atomic E-state index is -0.893. The first kappa shape index (κ1) is 13.4. The van der Waals surface area contributed by atoms with E-state index in [4.69, 9.17) is 9.52 Å². The van der Waals surface area contributed by atoms with Crippen molar-refractivity contribution in [3.05, 3.63) is 30.5 Å². The molecule has 5 heteroatoms. The van der Waals surface area contributed by atoms with Crippen molar-refractivity contribution < 1.29 is 19.4 Å². The van der Waals surface area contributed by atoms with E-state index in [1.54, 1.807) is 6.26 Å². The lowest BCUT2D eigenvalue weighted by Crippen LogP contribution is -2.29. The van der Waals surface area contributed by atoms with Crippen LogP contribution in [0.3, 0.4) is 0 Å². The van der Waals surface area contributed by atoms with Crippen LogP contribution in [0.1, 0.15) is 12.8 Å². The molecule has 2 N–H and O–H groups in total. The van der Waals surface area contributed by atoms with Gasteiger partial charge in [-0.15, -0.1) is 0 Å². The van der Waals surface area contributed by atoms with E-state index in [1.165, 1.54) is 0 Å². The van der Waals surface area contributed by atoms with E-state index in [1.807, 2.05) is 36.2 Å². The molecular formula is C14H17NO4. The van der Waals surface area contributed by atoms with E-state index in [0.717, 1.165) is 16.7 Å². The Bertz CT molecular complexity index is 563. The summed E-state index contributed by atoms with van der Waals surface area (Å²) in [5.41, 5.74) is 1.69. The number of para-hydroxylation sites is 1. The Morgan fingerprint density at radius 3 is 2.89 bits per heavy atom. The summed E-state index contributed by atoms with van der Waals surface area (Å²) in [5, 5.41) is 19.4. The number of carboxylic acid groups (broad SMARTS) is 1. The van der Waals surface area contributed by atoms with Crippen LogP contribution in [-0.2, 0) is 4.79 Å². The van der Waals surface area contributed by atoms with Gasteiger partial charge in [-0.25, -0.2) is 0 Å². The number of carboxylic acids is 1. The number of fused-ring (bicyclic) bond motifs is 1. The number of aliphatic hydroxyl groups is 1. The Morgan fingerprint density at radius 2 is 2.16 bits per heavy atom. The maximum atomic E-state index is 10.5. The van der Waals surface area contributed by atoms with Crippen LogP contribution in [-0.4, -0.2) is 35.9 Å². The Labute approximate surface area is 111 Å². The SMILES string of the molecule is CN(CC(O)CCC(=O)O)c1coc2ccccc12. The molecule has 102 valence electrons. The van der Waals surface area contributed by atoms with E-state index in [0.29, 0.717) is 6.54 Å². The Kier molecular flexibility index (Phi) is 4.06. The second kappa shape index (κ2) is 5.75. The molecular weight excluding hydrogens is 246 g/mol. The maximum Gasteiger partial charge on any atom is 0.303 e. The van der Waals surface area contributed by atoms with Gasteiger partial charge in [-0.1, -0.05) is 12.1 Å². The van der Waals surface area contributed by atoms with E-state index in [9.17, 15) is 9.90 Å². The molecule has 1 aromatic carbocycles. The third-order valence-electron chi connectivity index (χ3n) is 3.05. The first-order valence-electron chi connectivity index (χ1n) is 6.15. The number of anilines is 1. The average Bonchev–Trinajstić information content (AvgIpc) is 2.80. The Hall–Kier alpha value is -2.01. The summed E-state index contributed by atoms with van der Waals surface area (Å²) in [7, 11) is 1.85. The van der Waals surface area contributed by atoms with Gasteiger partial charge in [-0.05, 0) is 18.6 Å². The lowest BCUT2D eigenvalue weighted by atomic mass is 10.1. The van der Waals surface area contributed by atoms with Crippen LogP contribution in [0.2, 0.25) is 0 Å². The van der Waals surface area contributed by atoms with E-state index < -0.39 is 12.1 Å². The smallest absolute Gasteiger partial charge is 0.303 e. The molecule has 2 aromatic rings. The van der Waals surface area contributed by atoms with Crippen molar-refractivity contribution in [2.75, 3.05) is 18.5 Å². The zero-order valence-corrected chi connectivity index (χ0v) is 10.7. The number of aliphatic carboxylic acids is 1. The molecule has 0 saturated heterocycles. The number of rotatable bonds is 6. The molecule has 1 heterocycles. The summed E-state index contributed by atoms with van der Waals surface area (Å²) in [5.74, 6) is -0.893. The molecule has 0 fully saturated rings. The monoisotopic (exact) mass is 263 g/mol. The van der Waals surface area contributed by atoms with Crippen molar-refractivity contribution in [1.82, 2.24) is 0 Å². The number of aliphatic hydroxyl groups excluding tert-OH is 1. The fraction of sp³-hybridized carbons (Fsp3) is 0.357. The standard InChI is InChI=1S/C14H17NO4/c1-15(8-10(16)6-7-14(17)18)12-9-19-13-5-3-2-4-11(12)13/h2-5,9-10,16H,6-8H2,1H3,(H,17,18). The van der Waals surface area contributed by atoms with Crippen molar-refractivity contribution in [3.63, 3.8) is 0 Å². The fourth-order valence-corrected chi connectivity index (χ4v) is 2.06. The van der Waals surface area contributed by atoms with Gasteiger partial charge in [0.15, 0.2) is 0 Å². The van der Waals surface area contributed by atoms with Gasteiger partial charge in [0, 0.05) is 25.4 Å². The van der Waals surface area contributed by atoms with Crippen molar-refractivity contribution in [1.29, 1.82) is 0 Å². The second-order valence-electron chi connectivity index (χ2n) is 4.58. The van der Waals surface area contributed by atoms with Gasteiger partial charge in [-0.3, -0.25) is 4.79 Å². The van der Waals surface area contributed by atoms with Crippen LogP contribution in [0.25, 0.3) is 11.0 Å².